The van der Waals surface area contributed by atoms with Gasteiger partial charge in [0.1, 0.15) is 0 Å². The third-order valence-corrected chi connectivity index (χ3v) is 5.38. The molecule has 2 aliphatic rings. The number of hydrogen-bond acceptors (Lipinski definition) is 0. The van der Waals surface area contributed by atoms with Crippen LogP contribution in [0, 0.1) is 23.7 Å². The zero-order valence-corrected chi connectivity index (χ0v) is 17.1. The predicted octanol–water partition coefficient (Wildman–Crippen LogP) is 8.34. The number of hydrogen-bond donors (Lipinski definition) is 0. The van der Waals surface area contributed by atoms with Crippen molar-refractivity contribution in [3.63, 3.8) is 0 Å². The summed E-state index contributed by atoms with van der Waals surface area (Å²) in [7, 11) is 0. The highest BCUT2D eigenvalue weighted by atomic mass is 14.2. The topological polar surface area (TPSA) is 0 Å². The van der Waals surface area contributed by atoms with Gasteiger partial charge in [-0.25, -0.2) is 0 Å². The van der Waals surface area contributed by atoms with E-state index in [2.05, 4.69) is 52.0 Å². The summed E-state index contributed by atoms with van der Waals surface area (Å²) >= 11 is 0. The minimum Gasteiger partial charge on any atom is -0.0880 e. The molecular formula is C24H44. The van der Waals surface area contributed by atoms with Crippen molar-refractivity contribution in [3.8, 4) is 0 Å². The summed E-state index contributed by atoms with van der Waals surface area (Å²) in [5, 5.41) is 0. The maximum absolute atomic E-state index is 2.46. The largest absolute Gasteiger partial charge is 0.0880 e. The molecule has 0 aromatic heterocycles. The quantitative estimate of drug-likeness (QED) is 0.429. The first-order valence-corrected chi connectivity index (χ1v) is 10.9. The molecule has 0 aromatic rings. The zero-order chi connectivity index (χ0) is 17.6. The van der Waals surface area contributed by atoms with E-state index in [9.17, 15) is 0 Å². The van der Waals surface area contributed by atoms with Gasteiger partial charge in [0.25, 0.3) is 0 Å². The van der Waals surface area contributed by atoms with Crippen LogP contribution in [-0.2, 0) is 0 Å². The summed E-state index contributed by atoms with van der Waals surface area (Å²) in [5.41, 5.74) is 0. The van der Waals surface area contributed by atoms with Crippen LogP contribution >= 0.6 is 0 Å². The molecule has 0 saturated heterocycles. The first-order chi connectivity index (χ1) is 11.6. The van der Waals surface area contributed by atoms with Gasteiger partial charge in [-0.15, -0.1) is 0 Å². The van der Waals surface area contributed by atoms with Crippen molar-refractivity contribution in [2.24, 2.45) is 23.7 Å². The van der Waals surface area contributed by atoms with E-state index in [0.717, 1.165) is 23.7 Å². The lowest BCUT2D eigenvalue weighted by Gasteiger charge is -2.19. The van der Waals surface area contributed by atoms with Gasteiger partial charge >= 0.3 is 0 Å². The van der Waals surface area contributed by atoms with E-state index in [1.165, 1.54) is 77.0 Å². The van der Waals surface area contributed by atoms with E-state index < -0.39 is 0 Å². The van der Waals surface area contributed by atoms with Crippen LogP contribution in [0.1, 0.15) is 105 Å². The Labute approximate surface area is 153 Å². The molecule has 2 saturated carbocycles. The Hall–Kier alpha value is -0.520. The Bertz CT molecular complexity index is 322. The number of allylic oxidation sites excluding steroid dienone is 4. The Kier molecular flexibility index (Phi) is 12.3. The minimum absolute atomic E-state index is 0.730. The lowest BCUT2D eigenvalue weighted by atomic mass is 9.87. The molecule has 2 fully saturated rings. The van der Waals surface area contributed by atoms with Crippen molar-refractivity contribution < 1.29 is 0 Å². The van der Waals surface area contributed by atoms with Crippen molar-refractivity contribution in [1.82, 2.24) is 0 Å². The Morgan fingerprint density at radius 1 is 0.750 bits per heavy atom. The molecule has 140 valence electrons. The lowest BCUT2D eigenvalue weighted by Crippen LogP contribution is -2.04. The lowest BCUT2D eigenvalue weighted by molar-refractivity contribution is 0.361. The van der Waals surface area contributed by atoms with E-state index >= 15 is 0 Å². The molecule has 0 N–H and O–H groups in total. The summed E-state index contributed by atoms with van der Waals surface area (Å²) in [6.07, 6.45) is 26.8. The second-order valence-corrected chi connectivity index (χ2v) is 8.87. The average molecular weight is 333 g/mol. The molecule has 0 unspecified atom stereocenters. The third-order valence-electron chi connectivity index (χ3n) is 5.38. The van der Waals surface area contributed by atoms with Crippen molar-refractivity contribution >= 4 is 0 Å². The Balaban J connectivity index is 0.000000240. The van der Waals surface area contributed by atoms with Crippen LogP contribution in [0.3, 0.4) is 0 Å². The monoisotopic (exact) mass is 332 g/mol. The molecule has 0 amide bonds. The molecule has 0 atom stereocenters. The van der Waals surface area contributed by atoms with Crippen LogP contribution in [0.4, 0.5) is 0 Å². The summed E-state index contributed by atoms with van der Waals surface area (Å²) in [6.45, 7) is 9.06. The van der Waals surface area contributed by atoms with Crippen molar-refractivity contribution in [1.29, 1.82) is 0 Å². The SMILES string of the molecule is CC(C)/C=C/CC1CCCCC1.CC(C)C/C=C/C1CCCCC1. The summed E-state index contributed by atoms with van der Waals surface area (Å²) in [4.78, 5) is 0. The molecule has 2 aliphatic carbocycles. The fraction of sp³-hybridized carbons (Fsp3) is 0.833. The standard InChI is InChI=1S/2C12H22/c2*1-11(2)7-6-10-12-8-4-3-5-9-12/h6,10-12H,3-5,7-9H2,1-2H3;6-7,11-12H,3-5,8-10H2,1-2H3/b10-6+;7-6+. The summed E-state index contributed by atoms with van der Waals surface area (Å²) in [6, 6.07) is 0. The van der Waals surface area contributed by atoms with E-state index in [1.807, 2.05) is 0 Å². The van der Waals surface area contributed by atoms with Gasteiger partial charge in [0.15, 0.2) is 0 Å². The van der Waals surface area contributed by atoms with Crippen LogP contribution in [0.25, 0.3) is 0 Å². The molecule has 0 heteroatoms. The highest BCUT2D eigenvalue weighted by Gasteiger charge is 2.11. The van der Waals surface area contributed by atoms with Gasteiger partial charge in [-0.3, -0.25) is 0 Å². The van der Waals surface area contributed by atoms with Crippen LogP contribution in [-0.4, -0.2) is 0 Å². The second-order valence-electron chi connectivity index (χ2n) is 8.87. The predicted molar refractivity (Wildman–Crippen MR) is 110 cm³/mol. The van der Waals surface area contributed by atoms with Crippen molar-refractivity contribution in [3.05, 3.63) is 24.3 Å². The van der Waals surface area contributed by atoms with Gasteiger partial charge in [0, 0.05) is 0 Å². The fourth-order valence-corrected chi connectivity index (χ4v) is 3.84. The van der Waals surface area contributed by atoms with Gasteiger partial charge < -0.3 is 0 Å². The van der Waals surface area contributed by atoms with Crippen LogP contribution in [0.2, 0.25) is 0 Å². The maximum atomic E-state index is 2.46. The van der Waals surface area contributed by atoms with Gasteiger partial charge in [-0.2, -0.15) is 0 Å². The van der Waals surface area contributed by atoms with Gasteiger partial charge in [0.2, 0.25) is 0 Å². The van der Waals surface area contributed by atoms with Crippen molar-refractivity contribution in [2.45, 2.75) is 105 Å². The van der Waals surface area contributed by atoms with Gasteiger partial charge in [-0.1, -0.05) is 103 Å². The van der Waals surface area contributed by atoms with Gasteiger partial charge in [-0.05, 0) is 49.4 Å². The number of rotatable bonds is 6. The highest BCUT2D eigenvalue weighted by Crippen LogP contribution is 2.26. The molecule has 0 bridgehead atoms. The summed E-state index contributed by atoms with van der Waals surface area (Å²) in [5.74, 6) is 3.48. The first kappa shape index (κ1) is 21.5. The fourth-order valence-electron chi connectivity index (χ4n) is 3.84. The minimum atomic E-state index is 0.730. The molecule has 0 aliphatic heterocycles. The average Bonchev–Trinajstić information content (AvgIpc) is 2.57. The van der Waals surface area contributed by atoms with Crippen LogP contribution in [0.15, 0.2) is 24.3 Å². The van der Waals surface area contributed by atoms with E-state index in [4.69, 9.17) is 0 Å². The third kappa shape index (κ3) is 11.9. The normalized spacial score (nSPS) is 20.9. The molecule has 0 heterocycles. The molecule has 0 nitrogen and oxygen atoms in total. The molecular weight excluding hydrogens is 288 g/mol. The van der Waals surface area contributed by atoms with E-state index in [-0.39, 0.29) is 0 Å². The molecule has 0 spiro atoms. The smallest absolute Gasteiger partial charge is 0.0234 e. The van der Waals surface area contributed by atoms with Crippen LogP contribution in [0.5, 0.6) is 0 Å². The second kappa shape index (κ2) is 13.7. The maximum Gasteiger partial charge on any atom is -0.0234 e. The first-order valence-electron chi connectivity index (χ1n) is 10.9. The molecule has 24 heavy (non-hydrogen) atoms. The Morgan fingerprint density at radius 2 is 1.33 bits per heavy atom. The molecule has 2 rings (SSSR count). The molecule has 0 radical (unpaired) electrons. The summed E-state index contributed by atoms with van der Waals surface area (Å²) < 4.78 is 0. The van der Waals surface area contributed by atoms with Crippen molar-refractivity contribution in [2.75, 3.05) is 0 Å². The highest BCUT2D eigenvalue weighted by molar-refractivity contribution is 4.90. The van der Waals surface area contributed by atoms with Gasteiger partial charge in [0.05, 0.1) is 0 Å². The van der Waals surface area contributed by atoms with E-state index in [0.29, 0.717) is 0 Å². The van der Waals surface area contributed by atoms with E-state index in [1.54, 1.807) is 0 Å². The van der Waals surface area contributed by atoms with Crippen LogP contribution < -0.4 is 0 Å². The zero-order valence-electron chi connectivity index (χ0n) is 17.1. The Morgan fingerprint density at radius 3 is 1.88 bits per heavy atom. The molecule has 0 aromatic carbocycles.